The number of fused-ring (bicyclic) bond motifs is 2. The Morgan fingerprint density at radius 3 is 2.26 bits per heavy atom. The van der Waals surface area contributed by atoms with Crippen molar-refractivity contribution in [2.24, 2.45) is 0 Å². The number of likely N-dealkylation sites (tertiary alicyclic amines) is 1. The molecule has 1 fully saturated rings. The van der Waals surface area contributed by atoms with Crippen molar-refractivity contribution in [1.82, 2.24) is 4.90 Å². The summed E-state index contributed by atoms with van der Waals surface area (Å²) in [5.41, 5.74) is 1.48. The number of sulfone groups is 1. The first kappa shape index (κ1) is 23.6. The summed E-state index contributed by atoms with van der Waals surface area (Å²) >= 11 is 6.03. The summed E-state index contributed by atoms with van der Waals surface area (Å²) in [6.45, 7) is 1.48. The second-order valence-corrected chi connectivity index (χ2v) is 11.2. The zero-order chi connectivity index (χ0) is 24.6. The number of nitrogens with zero attached hydrogens (tertiary/aromatic N) is 2. The van der Waals surface area contributed by atoms with E-state index in [1.807, 2.05) is 4.90 Å². The highest BCUT2D eigenvalue weighted by Crippen LogP contribution is 2.38. The standard InChI is InChI=1S/C27H25ClN2O4S/c28-21-12-9-19(10-13-21)18-30-23-17-20(26(31)29-15-5-1-2-6-16-29)11-14-25(23)35(33,34)24-8-4-3-7-22(24)27(30)32/h3-4,7-14,17H,1-2,5-6,15-16,18H2. The number of rotatable bonds is 3. The highest BCUT2D eigenvalue weighted by atomic mass is 35.5. The highest BCUT2D eigenvalue weighted by molar-refractivity contribution is 7.91. The predicted octanol–water partition coefficient (Wildman–Crippen LogP) is 5.35. The SMILES string of the molecule is O=C(c1ccc2c(c1)N(Cc1ccc(Cl)cc1)C(=O)c1ccccc1S2(=O)=O)N1CCCCCC1. The Hall–Kier alpha value is -3.16. The molecule has 0 bridgehead atoms. The summed E-state index contributed by atoms with van der Waals surface area (Å²) < 4.78 is 27.3. The zero-order valence-corrected chi connectivity index (χ0v) is 20.7. The number of amides is 2. The van der Waals surface area contributed by atoms with Crippen molar-refractivity contribution in [3.8, 4) is 0 Å². The minimum absolute atomic E-state index is 0.0113. The Morgan fingerprint density at radius 1 is 0.857 bits per heavy atom. The minimum atomic E-state index is -3.98. The van der Waals surface area contributed by atoms with Gasteiger partial charge in [-0.3, -0.25) is 9.59 Å². The molecule has 0 spiro atoms. The Labute approximate surface area is 210 Å². The third kappa shape index (κ3) is 4.46. The number of carbonyl (C=O) groups is 2. The fraction of sp³-hybridized carbons (Fsp3) is 0.259. The third-order valence-electron chi connectivity index (χ3n) is 6.59. The molecule has 180 valence electrons. The Balaban J connectivity index is 1.65. The molecule has 2 aliphatic rings. The third-order valence-corrected chi connectivity index (χ3v) is 8.70. The summed E-state index contributed by atoms with van der Waals surface area (Å²) in [5, 5.41) is 0.564. The molecule has 0 N–H and O–H groups in total. The predicted molar refractivity (Wildman–Crippen MR) is 135 cm³/mol. The summed E-state index contributed by atoms with van der Waals surface area (Å²) in [6, 6.07) is 17.9. The number of hydrogen-bond donors (Lipinski definition) is 0. The molecule has 0 saturated carbocycles. The molecule has 0 radical (unpaired) electrons. The number of anilines is 1. The monoisotopic (exact) mass is 508 g/mol. The van der Waals surface area contributed by atoms with E-state index in [2.05, 4.69) is 0 Å². The van der Waals surface area contributed by atoms with Crippen LogP contribution in [0.5, 0.6) is 0 Å². The minimum Gasteiger partial charge on any atom is -0.339 e. The summed E-state index contributed by atoms with van der Waals surface area (Å²) in [6.07, 6.45) is 4.07. The van der Waals surface area contributed by atoms with Crippen molar-refractivity contribution in [3.63, 3.8) is 0 Å². The van der Waals surface area contributed by atoms with Gasteiger partial charge in [-0.05, 0) is 60.9 Å². The van der Waals surface area contributed by atoms with Crippen LogP contribution in [0.3, 0.4) is 0 Å². The van der Waals surface area contributed by atoms with Gasteiger partial charge < -0.3 is 9.80 Å². The average molecular weight is 509 g/mol. The highest BCUT2D eigenvalue weighted by Gasteiger charge is 2.36. The fourth-order valence-corrected chi connectivity index (χ4v) is 6.48. The quantitative estimate of drug-likeness (QED) is 0.478. The van der Waals surface area contributed by atoms with E-state index in [-0.39, 0.29) is 33.5 Å². The second-order valence-electron chi connectivity index (χ2n) is 8.91. The number of carbonyl (C=O) groups excluding carboxylic acids is 2. The molecule has 0 unspecified atom stereocenters. The van der Waals surface area contributed by atoms with Gasteiger partial charge in [0.1, 0.15) is 0 Å². The molecule has 8 heteroatoms. The Kier molecular flexibility index (Phi) is 6.38. The van der Waals surface area contributed by atoms with Gasteiger partial charge in [0.15, 0.2) is 0 Å². The second kappa shape index (κ2) is 9.47. The van der Waals surface area contributed by atoms with Gasteiger partial charge in [0.25, 0.3) is 11.8 Å². The molecular formula is C27H25ClN2O4S. The van der Waals surface area contributed by atoms with E-state index >= 15 is 0 Å². The maximum atomic E-state index is 13.7. The van der Waals surface area contributed by atoms with Gasteiger partial charge >= 0.3 is 0 Å². The molecule has 3 aromatic carbocycles. The van der Waals surface area contributed by atoms with E-state index in [9.17, 15) is 18.0 Å². The van der Waals surface area contributed by atoms with Crippen LogP contribution in [0.4, 0.5) is 5.69 Å². The molecular weight excluding hydrogens is 484 g/mol. The van der Waals surface area contributed by atoms with Gasteiger partial charge in [-0.25, -0.2) is 8.42 Å². The topological polar surface area (TPSA) is 74.8 Å². The lowest BCUT2D eigenvalue weighted by molar-refractivity contribution is 0.0761. The van der Waals surface area contributed by atoms with Gasteiger partial charge in [-0.2, -0.15) is 0 Å². The van der Waals surface area contributed by atoms with Crippen LogP contribution in [0.2, 0.25) is 5.02 Å². The number of halogens is 1. The lowest BCUT2D eigenvalue weighted by Gasteiger charge is -2.25. The molecule has 0 aromatic heterocycles. The lowest BCUT2D eigenvalue weighted by atomic mass is 10.1. The van der Waals surface area contributed by atoms with Crippen molar-refractivity contribution in [3.05, 3.63) is 88.4 Å². The van der Waals surface area contributed by atoms with Crippen molar-refractivity contribution in [1.29, 1.82) is 0 Å². The molecule has 3 aromatic rings. The van der Waals surface area contributed by atoms with E-state index in [1.165, 1.54) is 23.1 Å². The van der Waals surface area contributed by atoms with Crippen LogP contribution in [0.25, 0.3) is 0 Å². The zero-order valence-electron chi connectivity index (χ0n) is 19.1. The number of benzene rings is 3. The van der Waals surface area contributed by atoms with Gasteiger partial charge in [0.05, 0.1) is 27.6 Å². The molecule has 35 heavy (non-hydrogen) atoms. The van der Waals surface area contributed by atoms with Crippen molar-refractivity contribution in [2.75, 3.05) is 18.0 Å². The maximum Gasteiger partial charge on any atom is 0.259 e. The normalized spacial score (nSPS) is 17.2. The first-order valence-corrected chi connectivity index (χ1v) is 13.6. The summed E-state index contributed by atoms with van der Waals surface area (Å²) in [7, 11) is -3.98. The molecule has 0 atom stereocenters. The average Bonchev–Trinajstić information content (AvgIpc) is 3.19. The lowest BCUT2D eigenvalue weighted by Crippen LogP contribution is -2.33. The van der Waals surface area contributed by atoms with Gasteiger partial charge in [-0.1, -0.05) is 48.7 Å². The van der Waals surface area contributed by atoms with E-state index in [1.54, 1.807) is 48.5 Å². The van der Waals surface area contributed by atoms with Crippen LogP contribution in [0, 0.1) is 0 Å². The number of hydrogen-bond acceptors (Lipinski definition) is 4. The van der Waals surface area contributed by atoms with Crippen LogP contribution in [0.1, 0.15) is 52.0 Å². The van der Waals surface area contributed by atoms with Crippen LogP contribution in [0.15, 0.2) is 76.5 Å². The van der Waals surface area contributed by atoms with E-state index in [4.69, 9.17) is 11.6 Å². The van der Waals surface area contributed by atoms with Crippen LogP contribution in [-0.4, -0.2) is 38.2 Å². The molecule has 2 aliphatic heterocycles. The van der Waals surface area contributed by atoms with E-state index in [0.29, 0.717) is 23.7 Å². The molecule has 1 saturated heterocycles. The van der Waals surface area contributed by atoms with Gasteiger partial charge in [0.2, 0.25) is 9.84 Å². The Morgan fingerprint density at radius 2 is 1.54 bits per heavy atom. The molecule has 2 heterocycles. The van der Waals surface area contributed by atoms with Crippen molar-refractivity contribution < 1.29 is 18.0 Å². The summed E-state index contributed by atoms with van der Waals surface area (Å²) in [5.74, 6) is -0.579. The molecule has 6 nitrogen and oxygen atoms in total. The first-order chi connectivity index (χ1) is 16.9. The van der Waals surface area contributed by atoms with Crippen molar-refractivity contribution in [2.45, 2.75) is 42.0 Å². The van der Waals surface area contributed by atoms with E-state index < -0.39 is 15.7 Å². The Bertz CT molecular complexity index is 1390. The largest absolute Gasteiger partial charge is 0.339 e. The first-order valence-electron chi connectivity index (χ1n) is 11.7. The maximum absolute atomic E-state index is 13.7. The molecule has 2 amide bonds. The van der Waals surface area contributed by atoms with Crippen LogP contribution < -0.4 is 4.90 Å². The van der Waals surface area contributed by atoms with E-state index in [0.717, 1.165) is 31.2 Å². The summed E-state index contributed by atoms with van der Waals surface area (Å²) in [4.78, 5) is 30.3. The fourth-order valence-electron chi connectivity index (χ4n) is 4.73. The molecule has 5 rings (SSSR count). The van der Waals surface area contributed by atoms with Gasteiger partial charge in [-0.15, -0.1) is 0 Å². The van der Waals surface area contributed by atoms with Gasteiger partial charge in [0, 0.05) is 23.7 Å². The van der Waals surface area contributed by atoms with Crippen LogP contribution >= 0.6 is 11.6 Å². The van der Waals surface area contributed by atoms with Crippen molar-refractivity contribution >= 4 is 38.9 Å². The smallest absolute Gasteiger partial charge is 0.259 e. The van der Waals surface area contributed by atoms with Crippen LogP contribution in [-0.2, 0) is 16.4 Å². The molecule has 0 aliphatic carbocycles.